The Hall–Kier alpha value is -1.35. The second-order valence-corrected chi connectivity index (χ2v) is 6.21. The lowest BCUT2D eigenvalue weighted by molar-refractivity contribution is -0.142. The molecule has 0 aliphatic rings. The minimum atomic E-state index is -0.779. The van der Waals surface area contributed by atoms with Crippen molar-refractivity contribution in [3.8, 4) is 0 Å². The molecule has 1 rings (SSSR count). The highest BCUT2D eigenvalue weighted by Crippen LogP contribution is 2.29. The maximum atomic E-state index is 11.2. The highest BCUT2D eigenvalue weighted by molar-refractivity contribution is 5.71. The van der Waals surface area contributed by atoms with Crippen LogP contribution in [-0.4, -0.2) is 18.1 Å². The smallest absolute Gasteiger partial charge is 0.308 e. The predicted octanol–water partition coefficient (Wildman–Crippen LogP) is 3.27. The van der Waals surface area contributed by atoms with Crippen LogP contribution in [-0.2, 0) is 10.2 Å². The number of benzene rings is 1. The average Bonchev–Trinajstić information content (AvgIpc) is 2.30. The van der Waals surface area contributed by atoms with Gasteiger partial charge in [0.2, 0.25) is 0 Å². The Morgan fingerprint density at radius 2 is 1.89 bits per heavy atom. The molecule has 1 aromatic carbocycles. The maximum Gasteiger partial charge on any atom is 0.308 e. The van der Waals surface area contributed by atoms with Gasteiger partial charge in [0.1, 0.15) is 0 Å². The molecule has 2 N–H and O–H groups in total. The first-order chi connectivity index (χ1) is 8.68. The van der Waals surface area contributed by atoms with Gasteiger partial charge in [0.25, 0.3) is 0 Å². The van der Waals surface area contributed by atoms with Gasteiger partial charge in [0, 0.05) is 6.04 Å². The highest BCUT2D eigenvalue weighted by atomic mass is 16.4. The van der Waals surface area contributed by atoms with Gasteiger partial charge in [-0.2, -0.15) is 0 Å². The summed E-state index contributed by atoms with van der Waals surface area (Å²) >= 11 is 0. The number of carbonyl (C=O) groups is 1. The lowest BCUT2D eigenvalue weighted by Crippen LogP contribution is -2.29. The molecule has 0 saturated carbocycles. The van der Waals surface area contributed by atoms with Crippen LogP contribution >= 0.6 is 0 Å². The molecule has 0 radical (unpaired) electrons. The Labute approximate surface area is 116 Å². The molecule has 0 fully saturated rings. The number of aryl methyl sites for hydroxylation is 1. The zero-order valence-corrected chi connectivity index (χ0v) is 12.7. The topological polar surface area (TPSA) is 49.3 Å². The second kappa shape index (κ2) is 5.74. The number of hydrogen-bond acceptors (Lipinski definition) is 2. The van der Waals surface area contributed by atoms with E-state index in [1.807, 2.05) is 6.92 Å². The van der Waals surface area contributed by atoms with E-state index in [0.29, 0.717) is 0 Å². The third kappa shape index (κ3) is 3.57. The summed E-state index contributed by atoms with van der Waals surface area (Å²) in [7, 11) is 1.81. The van der Waals surface area contributed by atoms with Crippen LogP contribution in [0.4, 0.5) is 0 Å². The fourth-order valence-corrected chi connectivity index (χ4v) is 2.31. The van der Waals surface area contributed by atoms with Crippen LogP contribution in [0.5, 0.6) is 0 Å². The summed E-state index contributed by atoms with van der Waals surface area (Å²) in [4.78, 5) is 11.2. The van der Waals surface area contributed by atoms with Crippen molar-refractivity contribution in [3.63, 3.8) is 0 Å². The Kier molecular flexibility index (Phi) is 4.75. The van der Waals surface area contributed by atoms with Crippen LogP contribution in [0, 0.1) is 12.8 Å². The number of aliphatic carboxylic acids is 1. The van der Waals surface area contributed by atoms with Crippen molar-refractivity contribution in [2.45, 2.75) is 46.1 Å². The molecule has 3 heteroatoms. The summed E-state index contributed by atoms with van der Waals surface area (Å²) < 4.78 is 0. The van der Waals surface area contributed by atoms with E-state index in [9.17, 15) is 9.90 Å². The molecule has 0 bridgehead atoms. The van der Waals surface area contributed by atoms with E-state index in [-0.39, 0.29) is 11.5 Å². The van der Waals surface area contributed by atoms with Crippen molar-refractivity contribution in [3.05, 3.63) is 34.9 Å². The van der Waals surface area contributed by atoms with Gasteiger partial charge in [-0.15, -0.1) is 0 Å². The summed E-state index contributed by atoms with van der Waals surface area (Å²) in [6, 6.07) is 6.15. The molecule has 0 heterocycles. The molecule has 0 amide bonds. The summed E-state index contributed by atoms with van der Waals surface area (Å²) in [6.07, 6.45) is 0. The van der Waals surface area contributed by atoms with Gasteiger partial charge in [-0.3, -0.25) is 4.79 Å². The molecule has 2 atom stereocenters. The largest absolute Gasteiger partial charge is 0.481 e. The third-order valence-electron chi connectivity index (χ3n) is 3.67. The molecule has 0 aliphatic heterocycles. The number of carboxylic acid groups (broad SMARTS) is 1. The fraction of sp³-hybridized carbons (Fsp3) is 0.562. The van der Waals surface area contributed by atoms with E-state index < -0.39 is 11.9 Å². The lowest BCUT2D eigenvalue weighted by atomic mass is 9.83. The van der Waals surface area contributed by atoms with E-state index in [2.05, 4.69) is 44.3 Å². The molecule has 2 unspecified atom stereocenters. The molecule has 1 aromatic rings. The van der Waals surface area contributed by atoms with Crippen LogP contribution < -0.4 is 5.32 Å². The van der Waals surface area contributed by atoms with E-state index in [1.54, 1.807) is 14.0 Å². The second-order valence-electron chi connectivity index (χ2n) is 6.21. The van der Waals surface area contributed by atoms with Crippen molar-refractivity contribution in [1.29, 1.82) is 0 Å². The van der Waals surface area contributed by atoms with Gasteiger partial charge in [-0.25, -0.2) is 0 Å². The van der Waals surface area contributed by atoms with Crippen molar-refractivity contribution in [1.82, 2.24) is 5.32 Å². The Balaban J connectivity index is 3.17. The number of hydrogen-bond donors (Lipinski definition) is 2. The van der Waals surface area contributed by atoms with Gasteiger partial charge in [-0.05, 0) is 36.1 Å². The monoisotopic (exact) mass is 263 g/mol. The van der Waals surface area contributed by atoms with Gasteiger partial charge >= 0.3 is 5.97 Å². The summed E-state index contributed by atoms with van der Waals surface area (Å²) in [5, 5.41) is 12.3. The van der Waals surface area contributed by atoms with E-state index in [4.69, 9.17) is 0 Å². The molecular weight excluding hydrogens is 238 g/mol. The fourth-order valence-electron chi connectivity index (χ4n) is 2.31. The number of nitrogens with one attached hydrogen (secondary N) is 1. The molecule has 3 nitrogen and oxygen atoms in total. The summed E-state index contributed by atoms with van der Waals surface area (Å²) in [6.45, 7) is 10.3. The SMILES string of the molecule is CNC(c1ccc(C(C)(C)C)cc1C)C(C)C(=O)O. The zero-order valence-electron chi connectivity index (χ0n) is 12.7. The number of rotatable bonds is 4. The highest BCUT2D eigenvalue weighted by Gasteiger charge is 2.25. The van der Waals surface area contributed by atoms with Crippen molar-refractivity contribution in [2.24, 2.45) is 5.92 Å². The summed E-state index contributed by atoms with van der Waals surface area (Å²) in [5.41, 5.74) is 3.58. The first-order valence-corrected chi connectivity index (χ1v) is 6.69. The van der Waals surface area contributed by atoms with Crippen LogP contribution in [0.25, 0.3) is 0 Å². The first kappa shape index (κ1) is 15.7. The minimum absolute atomic E-state index is 0.108. The Morgan fingerprint density at radius 3 is 2.26 bits per heavy atom. The minimum Gasteiger partial charge on any atom is -0.481 e. The third-order valence-corrected chi connectivity index (χ3v) is 3.67. The Morgan fingerprint density at radius 1 is 1.32 bits per heavy atom. The average molecular weight is 263 g/mol. The van der Waals surface area contributed by atoms with Crippen molar-refractivity contribution in [2.75, 3.05) is 7.05 Å². The Bertz CT molecular complexity index is 460. The molecule has 0 spiro atoms. The molecule has 0 aromatic heterocycles. The van der Waals surface area contributed by atoms with Gasteiger partial charge in [0.05, 0.1) is 5.92 Å². The van der Waals surface area contributed by atoms with E-state index in [0.717, 1.165) is 11.1 Å². The molecule has 19 heavy (non-hydrogen) atoms. The maximum absolute atomic E-state index is 11.2. The van der Waals surface area contributed by atoms with Crippen LogP contribution in [0.1, 0.15) is 50.4 Å². The molecule has 0 aliphatic carbocycles. The van der Waals surface area contributed by atoms with Crippen LogP contribution in [0.2, 0.25) is 0 Å². The standard InChI is InChI=1S/C16H25NO2/c1-10-9-12(16(3,4)5)7-8-13(10)14(17-6)11(2)15(18)19/h7-9,11,14,17H,1-6H3,(H,18,19). The lowest BCUT2D eigenvalue weighted by Gasteiger charge is -2.25. The van der Waals surface area contributed by atoms with Crippen LogP contribution in [0.3, 0.4) is 0 Å². The molecule has 0 saturated heterocycles. The van der Waals surface area contributed by atoms with E-state index in [1.165, 1.54) is 5.56 Å². The quantitative estimate of drug-likeness (QED) is 0.876. The van der Waals surface area contributed by atoms with Gasteiger partial charge < -0.3 is 10.4 Å². The number of carboxylic acids is 1. The normalized spacial score (nSPS) is 15.1. The zero-order chi connectivity index (χ0) is 14.8. The van der Waals surface area contributed by atoms with Crippen molar-refractivity contribution >= 4 is 5.97 Å². The van der Waals surface area contributed by atoms with Crippen LogP contribution in [0.15, 0.2) is 18.2 Å². The van der Waals surface area contributed by atoms with Gasteiger partial charge in [-0.1, -0.05) is 45.9 Å². The molecule has 106 valence electrons. The molecular formula is C16H25NO2. The van der Waals surface area contributed by atoms with Gasteiger partial charge in [0.15, 0.2) is 0 Å². The first-order valence-electron chi connectivity index (χ1n) is 6.69. The van der Waals surface area contributed by atoms with E-state index >= 15 is 0 Å². The summed E-state index contributed by atoms with van der Waals surface area (Å²) in [5.74, 6) is -1.23. The van der Waals surface area contributed by atoms with Crippen molar-refractivity contribution < 1.29 is 9.90 Å². The predicted molar refractivity (Wildman–Crippen MR) is 78.5 cm³/mol.